The average Bonchev–Trinajstić information content (AvgIpc) is 2.47. The van der Waals surface area contributed by atoms with Crippen molar-refractivity contribution in [2.75, 3.05) is 0 Å². The van der Waals surface area contributed by atoms with E-state index in [-0.39, 0.29) is 23.5 Å². The fourth-order valence-electron chi connectivity index (χ4n) is 2.90. The third-order valence-corrected chi connectivity index (χ3v) is 3.70. The van der Waals surface area contributed by atoms with Gasteiger partial charge in [-0.2, -0.15) is 0 Å². The summed E-state index contributed by atoms with van der Waals surface area (Å²) in [5.41, 5.74) is 6.92. The summed E-state index contributed by atoms with van der Waals surface area (Å²) in [6.07, 6.45) is 3.98. The van der Waals surface area contributed by atoms with Gasteiger partial charge in [0.05, 0.1) is 11.7 Å². The van der Waals surface area contributed by atoms with Gasteiger partial charge in [-0.25, -0.2) is 9.97 Å². The number of rotatable bonds is 1. The molecule has 0 radical (unpaired) electrons. The third kappa shape index (κ3) is 2.98. The highest BCUT2D eigenvalue weighted by atomic mass is 16.2. The number of carbonyl (C=O) groups excluding carboxylic acids is 1. The second kappa shape index (κ2) is 5.48. The highest BCUT2D eigenvalue weighted by molar-refractivity contribution is 5.78. The van der Waals surface area contributed by atoms with Crippen LogP contribution in [0.2, 0.25) is 0 Å². The number of hydrogen-bond donors (Lipinski definition) is 1. The lowest BCUT2D eigenvalue weighted by Crippen LogP contribution is -2.51. The highest BCUT2D eigenvalue weighted by Crippen LogP contribution is 2.34. The number of nitrogens with two attached hydrogens (primary N) is 1. The maximum atomic E-state index is 12.5. The van der Waals surface area contributed by atoms with E-state index in [0.29, 0.717) is 12.2 Å². The quantitative estimate of drug-likeness (QED) is 0.851. The van der Waals surface area contributed by atoms with Crippen molar-refractivity contribution in [3.05, 3.63) is 23.8 Å². The minimum absolute atomic E-state index is 0.0880. The van der Waals surface area contributed by atoms with Gasteiger partial charge in [-0.1, -0.05) is 0 Å². The largest absolute Gasteiger partial charge is 0.328 e. The zero-order chi connectivity index (χ0) is 14.9. The van der Waals surface area contributed by atoms with Crippen LogP contribution in [-0.2, 0) is 4.79 Å². The SMILES string of the molecule is Cc1nccc(C2C(N)CCCC(=O)N2C(C)(C)C)n1. The van der Waals surface area contributed by atoms with E-state index in [2.05, 4.69) is 9.97 Å². The van der Waals surface area contributed by atoms with Crippen LogP contribution in [0.25, 0.3) is 0 Å². The van der Waals surface area contributed by atoms with Gasteiger partial charge < -0.3 is 10.6 Å². The molecule has 0 aliphatic carbocycles. The molecule has 2 rings (SSSR count). The lowest BCUT2D eigenvalue weighted by molar-refractivity contribution is -0.139. The van der Waals surface area contributed by atoms with Crippen LogP contribution in [-0.4, -0.2) is 32.4 Å². The summed E-state index contributed by atoms with van der Waals surface area (Å²) in [5.74, 6) is 0.868. The first kappa shape index (κ1) is 14.9. The Morgan fingerprint density at radius 2 is 2.10 bits per heavy atom. The van der Waals surface area contributed by atoms with E-state index in [0.717, 1.165) is 18.5 Å². The van der Waals surface area contributed by atoms with Crippen LogP contribution in [0.3, 0.4) is 0 Å². The molecule has 5 heteroatoms. The summed E-state index contributed by atoms with van der Waals surface area (Å²) < 4.78 is 0. The first-order valence-corrected chi connectivity index (χ1v) is 7.18. The molecule has 1 amide bonds. The molecule has 2 N–H and O–H groups in total. The number of aromatic nitrogens is 2. The number of likely N-dealkylation sites (tertiary alicyclic amines) is 1. The summed E-state index contributed by atoms with van der Waals surface area (Å²) in [4.78, 5) is 23.0. The van der Waals surface area contributed by atoms with Gasteiger partial charge in [0.25, 0.3) is 0 Å². The summed E-state index contributed by atoms with van der Waals surface area (Å²) in [6.45, 7) is 7.99. The first-order chi connectivity index (χ1) is 9.30. The molecule has 0 saturated carbocycles. The van der Waals surface area contributed by atoms with Gasteiger partial charge in [-0.3, -0.25) is 4.79 Å². The summed E-state index contributed by atoms with van der Waals surface area (Å²) >= 11 is 0. The Labute approximate surface area is 120 Å². The smallest absolute Gasteiger partial charge is 0.223 e. The molecule has 0 bridgehead atoms. The van der Waals surface area contributed by atoms with Gasteiger partial charge in [-0.15, -0.1) is 0 Å². The molecular weight excluding hydrogens is 252 g/mol. The van der Waals surface area contributed by atoms with Crippen molar-refractivity contribution < 1.29 is 4.79 Å². The minimum atomic E-state index is -0.275. The van der Waals surface area contributed by atoms with Crippen LogP contribution >= 0.6 is 0 Å². The van der Waals surface area contributed by atoms with Crippen molar-refractivity contribution >= 4 is 5.91 Å². The number of hydrogen-bond acceptors (Lipinski definition) is 4. The van der Waals surface area contributed by atoms with Crippen molar-refractivity contribution in [3.8, 4) is 0 Å². The van der Waals surface area contributed by atoms with Gasteiger partial charge in [0.1, 0.15) is 5.82 Å². The number of nitrogens with zero attached hydrogens (tertiary/aromatic N) is 3. The van der Waals surface area contributed by atoms with Crippen molar-refractivity contribution in [3.63, 3.8) is 0 Å². The van der Waals surface area contributed by atoms with Crippen molar-refractivity contribution in [1.29, 1.82) is 0 Å². The van der Waals surface area contributed by atoms with E-state index >= 15 is 0 Å². The van der Waals surface area contributed by atoms with Crippen LogP contribution < -0.4 is 5.73 Å². The van der Waals surface area contributed by atoms with Crippen LogP contribution in [0.5, 0.6) is 0 Å². The second-order valence-electron chi connectivity index (χ2n) is 6.46. The monoisotopic (exact) mass is 276 g/mol. The fraction of sp³-hybridized carbons (Fsp3) is 0.667. The molecule has 2 heterocycles. The molecule has 2 atom stereocenters. The zero-order valence-corrected chi connectivity index (χ0v) is 12.8. The van der Waals surface area contributed by atoms with E-state index in [9.17, 15) is 4.79 Å². The maximum absolute atomic E-state index is 12.5. The Bertz CT molecular complexity index is 495. The molecule has 1 aliphatic heterocycles. The van der Waals surface area contributed by atoms with E-state index in [4.69, 9.17) is 5.73 Å². The normalized spacial score (nSPS) is 24.6. The molecule has 0 aromatic carbocycles. The molecule has 1 saturated heterocycles. The second-order valence-corrected chi connectivity index (χ2v) is 6.46. The lowest BCUT2D eigenvalue weighted by atomic mass is 9.95. The highest BCUT2D eigenvalue weighted by Gasteiger charge is 2.39. The molecule has 2 unspecified atom stereocenters. The van der Waals surface area contributed by atoms with E-state index < -0.39 is 0 Å². The predicted molar refractivity (Wildman–Crippen MR) is 77.9 cm³/mol. The molecule has 110 valence electrons. The summed E-state index contributed by atoms with van der Waals surface area (Å²) in [5, 5.41) is 0. The van der Waals surface area contributed by atoms with E-state index in [1.54, 1.807) is 6.20 Å². The fourth-order valence-corrected chi connectivity index (χ4v) is 2.90. The predicted octanol–water partition coefficient (Wildman–Crippen LogP) is 1.96. The molecule has 20 heavy (non-hydrogen) atoms. The van der Waals surface area contributed by atoms with Gasteiger partial charge in [-0.05, 0) is 46.6 Å². The van der Waals surface area contributed by atoms with Gasteiger partial charge >= 0.3 is 0 Å². The van der Waals surface area contributed by atoms with Gasteiger partial charge in [0.2, 0.25) is 5.91 Å². The van der Waals surface area contributed by atoms with Crippen molar-refractivity contribution in [2.24, 2.45) is 5.73 Å². The van der Waals surface area contributed by atoms with Crippen LogP contribution in [0.15, 0.2) is 12.3 Å². The Kier molecular flexibility index (Phi) is 4.09. The number of aryl methyl sites for hydroxylation is 1. The molecule has 1 aliphatic rings. The third-order valence-electron chi connectivity index (χ3n) is 3.70. The topological polar surface area (TPSA) is 72.1 Å². The van der Waals surface area contributed by atoms with E-state index in [1.807, 2.05) is 38.7 Å². The minimum Gasteiger partial charge on any atom is -0.328 e. The van der Waals surface area contributed by atoms with Crippen LogP contribution in [0.4, 0.5) is 0 Å². The molecule has 5 nitrogen and oxygen atoms in total. The summed E-state index contributed by atoms with van der Waals surface area (Å²) in [6, 6.07) is 1.61. The molecule has 1 aromatic rings. The Hall–Kier alpha value is -1.49. The van der Waals surface area contributed by atoms with Gasteiger partial charge in [0.15, 0.2) is 0 Å². The van der Waals surface area contributed by atoms with Crippen molar-refractivity contribution in [2.45, 2.75) is 64.6 Å². The Morgan fingerprint density at radius 3 is 2.70 bits per heavy atom. The first-order valence-electron chi connectivity index (χ1n) is 7.18. The molecule has 0 spiro atoms. The standard InChI is InChI=1S/C15H24N4O/c1-10-17-9-8-12(18-10)14-11(16)6-5-7-13(20)19(14)15(2,3)4/h8-9,11,14H,5-7,16H2,1-4H3. The maximum Gasteiger partial charge on any atom is 0.223 e. The van der Waals surface area contributed by atoms with Crippen LogP contribution in [0, 0.1) is 6.92 Å². The lowest BCUT2D eigenvalue weighted by Gasteiger charge is -2.42. The zero-order valence-electron chi connectivity index (χ0n) is 12.8. The average molecular weight is 276 g/mol. The number of amides is 1. The molecular formula is C15H24N4O. The summed E-state index contributed by atoms with van der Waals surface area (Å²) in [7, 11) is 0. The van der Waals surface area contributed by atoms with E-state index in [1.165, 1.54) is 0 Å². The molecule has 1 fully saturated rings. The van der Waals surface area contributed by atoms with Crippen molar-refractivity contribution in [1.82, 2.24) is 14.9 Å². The number of carbonyl (C=O) groups is 1. The molecule has 1 aromatic heterocycles. The van der Waals surface area contributed by atoms with Gasteiger partial charge in [0, 0.05) is 24.2 Å². The Balaban J connectivity index is 2.49. The van der Waals surface area contributed by atoms with Crippen LogP contribution in [0.1, 0.15) is 57.6 Å². The Morgan fingerprint density at radius 1 is 1.40 bits per heavy atom.